The van der Waals surface area contributed by atoms with Gasteiger partial charge in [0.25, 0.3) is 5.91 Å². The van der Waals surface area contributed by atoms with E-state index in [4.69, 9.17) is 17.3 Å². The highest BCUT2D eigenvalue weighted by atomic mass is 35.5. The largest absolute Gasteiger partial charge is 0.368 e. The van der Waals surface area contributed by atoms with Crippen molar-refractivity contribution in [2.75, 3.05) is 0 Å². The third-order valence-corrected chi connectivity index (χ3v) is 4.41. The molecule has 0 saturated carbocycles. The number of fused-ring (bicyclic) bond motifs is 1. The number of benzene rings is 3. The number of rotatable bonds is 5. The number of nitrogens with one attached hydrogen (secondary N) is 1. The summed E-state index contributed by atoms with van der Waals surface area (Å²) in [5.41, 5.74) is 6.69. The molecule has 126 valence electrons. The van der Waals surface area contributed by atoms with E-state index in [0.717, 1.165) is 16.3 Å². The quantitative estimate of drug-likeness (QED) is 0.739. The summed E-state index contributed by atoms with van der Waals surface area (Å²) >= 11 is 6.13. The maximum absolute atomic E-state index is 12.5. The van der Waals surface area contributed by atoms with Crippen molar-refractivity contribution in [3.05, 3.63) is 82.9 Å². The summed E-state index contributed by atoms with van der Waals surface area (Å²) in [6.45, 7) is 0. The van der Waals surface area contributed by atoms with E-state index in [9.17, 15) is 9.59 Å². The highest BCUT2D eigenvalue weighted by Crippen LogP contribution is 2.18. The Balaban J connectivity index is 1.80. The van der Waals surface area contributed by atoms with Crippen LogP contribution in [0.25, 0.3) is 10.8 Å². The Morgan fingerprint density at radius 3 is 2.36 bits per heavy atom. The van der Waals surface area contributed by atoms with Gasteiger partial charge in [0.15, 0.2) is 0 Å². The lowest BCUT2D eigenvalue weighted by Crippen LogP contribution is -2.45. The van der Waals surface area contributed by atoms with Gasteiger partial charge in [-0.25, -0.2) is 0 Å². The van der Waals surface area contributed by atoms with Crippen LogP contribution < -0.4 is 11.1 Å². The van der Waals surface area contributed by atoms with Crippen molar-refractivity contribution in [1.82, 2.24) is 5.32 Å². The zero-order chi connectivity index (χ0) is 17.8. The van der Waals surface area contributed by atoms with Crippen molar-refractivity contribution in [1.29, 1.82) is 0 Å². The van der Waals surface area contributed by atoms with Crippen LogP contribution >= 0.6 is 11.6 Å². The van der Waals surface area contributed by atoms with Crippen molar-refractivity contribution in [3.8, 4) is 0 Å². The van der Waals surface area contributed by atoms with Crippen LogP contribution in [0.15, 0.2) is 66.7 Å². The lowest BCUT2D eigenvalue weighted by atomic mass is 10.0. The van der Waals surface area contributed by atoms with Crippen LogP contribution in [0, 0.1) is 0 Å². The van der Waals surface area contributed by atoms with E-state index in [1.54, 1.807) is 30.3 Å². The van der Waals surface area contributed by atoms with Crippen molar-refractivity contribution in [2.24, 2.45) is 5.73 Å². The number of carbonyl (C=O) groups excluding carboxylic acids is 2. The lowest BCUT2D eigenvalue weighted by Gasteiger charge is -2.16. The zero-order valence-corrected chi connectivity index (χ0v) is 14.2. The van der Waals surface area contributed by atoms with Gasteiger partial charge < -0.3 is 11.1 Å². The second kappa shape index (κ2) is 7.36. The van der Waals surface area contributed by atoms with Crippen LogP contribution in [-0.2, 0) is 11.2 Å². The van der Waals surface area contributed by atoms with Gasteiger partial charge in [-0.1, -0.05) is 60.1 Å². The molecule has 0 radical (unpaired) electrons. The van der Waals surface area contributed by atoms with Crippen molar-refractivity contribution in [3.63, 3.8) is 0 Å². The third-order valence-electron chi connectivity index (χ3n) is 4.04. The van der Waals surface area contributed by atoms with Gasteiger partial charge in [0.2, 0.25) is 5.91 Å². The SMILES string of the molecule is NC(=O)[C@@H](Cc1ccccc1Cl)NC(=O)c1ccc2ccccc2c1. The third kappa shape index (κ3) is 3.98. The normalized spacial score (nSPS) is 11.9. The predicted molar refractivity (Wildman–Crippen MR) is 99.6 cm³/mol. The molecule has 0 saturated heterocycles. The summed E-state index contributed by atoms with van der Waals surface area (Å²) in [6, 6.07) is 19.5. The van der Waals surface area contributed by atoms with Crippen LogP contribution in [0.2, 0.25) is 5.02 Å². The Bertz CT molecular complexity index is 940. The predicted octanol–water partition coefficient (Wildman–Crippen LogP) is 3.32. The van der Waals surface area contributed by atoms with Gasteiger partial charge in [-0.15, -0.1) is 0 Å². The average Bonchev–Trinajstić information content (AvgIpc) is 2.62. The first kappa shape index (κ1) is 17.0. The van der Waals surface area contributed by atoms with E-state index in [1.165, 1.54) is 0 Å². The molecule has 5 heteroatoms. The van der Waals surface area contributed by atoms with E-state index in [-0.39, 0.29) is 12.3 Å². The minimum atomic E-state index is -0.834. The summed E-state index contributed by atoms with van der Waals surface area (Å²) < 4.78 is 0. The Labute approximate surface area is 150 Å². The van der Waals surface area contributed by atoms with Gasteiger partial charge in [-0.05, 0) is 34.5 Å². The Kier molecular flexibility index (Phi) is 5.00. The number of nitrogens with two attached hydrogens (primary N) is 1. The fraction of sp³-hybridized carbons (Fsp3) is 0.100. The van der Waals surface area contributed by atoms with E-state index in [0.29, 0.717) is 10.6 Å². The zero-order valence-electron chi connectivity index (χ0n) is 13.4. The van der Waals surface area contributed by atoms with Gasteiger partial charge in [0.1, 0.15) is 6.04 Å². The standard InChI is InChI=1S/C20H17ClN2O2/c21-17-8-4-3-7-15(17)12-18(19(22)24)23-20(25)16-10-9-13-5-1-2-6-14(13)11-16/h1-11,18H,12H2,(H2,22,24)(H,23,25)/t18-/m1/s1. The molecule has 2 amide bonds. The number of hydrogen-bond donors (Lipinski definition) is 2. The first-order valence-corrected chi connectivity index (χ1v) is 8.25. The highest BCUT2D eigenvalue weighted by molar-refractivity contribution is 6.31. The van der Waals surface area contributed by atoms with E-state index >= 15 is 0 Å². The molecule has 0 heterocycles. The molecule has 0 bridgehead atoms. The number of hydrogen-bond acceptors (Lipinski definition) is 2. The maximum Gasteiger partial charge on any atom is 0.251 e. The monoisotopic (exact) mass is 352 g/mol. The first-order chi connectivity index (χ1) is 12.0. The Hall–Kier alpha value is -2.85. The number of amides is 2. The van der Waals surface area contributed by atoms with E-state index in [2.05, 4.69) is 5.32 Å². The molecule has 3 aromatic carbocycles. The minimum Gasteiger partial charge on any atom is -0.368 e. The molecule has 0 aliphatic rings. The van der Waals surface area contributed by atoms with Crippen molar-refractivity contribution in [2.45, 2.75) is 12.5 Å². The van der Waals surface area contributed by atoms with Crippen LogP contribution in [0.4, 0.5) is 0 Å². The second-order valence-corrected chi connectivity index (χ2v) is 6.19. The molecular weight excluding hydrogens is 336 g/mol. The summed E-state index contributed by atoms with van der Waals surface area (Å²) in [6.07, 6.45) is 0.244. The maximum atomic E-state index is 12.5. The fourth-order valence-electron chi connectivity index (χ4n) is 2.68. The van der Waals surface area contributed by atoms with Gasteiger partial charge in [-0.2, -0.15) is 0 Å². The molecule has 0 fully saturated rings. The molecule has 3 aromatic rings. The van der Waals surface area contributed by atoms with Crippen LogP contribution in [0.3, 0.4) is 0 Å². The molecule has 3 rings (SSSR count). The van der Waals surface area contributed by atoms with Crippen LogP contribution in [-0.4, -0.2) is 17.9 Å². The number of carbonyl (C=O) groups is 2. The van der Waals surface area contributed by atoms with Crippen molar-refractivity contribution >= 4 is 34.2 Å². The molecule has 1 atom stereocenters. The highest BCUT2D eigenvalue weighted by Gasteiger charge is 2.20. The second-order valence-electron chi connectivity index (χ2n) is 5.79. The Morgan fingerprint density at radius 2 is 1.64 bits per heavy atom. The Morgan fingerprint density at radius 1 is 0.960 bits per heavy atom. The minimum absolute atomic E-state index is 0.244. The van der Waals surface area contributed by atoms with Crippen LogP contribution in [0.1, 0.15) is 15.9 Å². The molecule has 0 spiro atoms. The molecule has 0 aliphatic heterocycles. The summed E-state index contributed by atoms with van der Waals surface area (Å²) in [7, 11) is 0. The van der Waals surface area contributed by atoms with Gasteiger partial charge >= 0.3 is 0 Å². The smallest absolute Gasteiger partial charge is 0.251 e. The first-order valence-electron chi connectivity index (χ1n) is 7.87. The molecule has 0 aromatic heterocycles. The van der Waals surface area contributed by atoms with E-state index < -0.39 is 11.9 Å². The van der Waals surface area contributed by atoms with Gasteiger partial charge in [0, 0.05) is 17.0 Å². The molecule has 0 aliphatic carbocycles. The average molecular weight is 353 g/mol. The van der Waals surface area contributed by atoms with E-state index in [1.807, 2.05) is 36.4 Å². The lowest BCUT2D eigenvalue weighted by molar-refractivity contribution is -0.119. The van der Waals surface area contributed by atoms with Crippen LogP contribution in [0.5, 0.6) is 0 Å². The summed E-state index contributed by atoms with van der Waals surface area (Å²) in [4.78, 5) is 24.3. The molecular formula is C20H17ClN2O2. The molecule has 0 unspecified atom stereocenters. The molecule has 3 N–H and O–H groups in total. The summed E-state index contributed by atoms with van der Waals surface area (Å²) in [5.74, 6) is -0.948. The van der Waals surface area contributed by atoms with Crippen molar-refractivity contribution < 1.29 is 9.59 Å². The van der Waals surface area contributed by atoms with Gasteiger partial charge in [0.05, 0.1) is 0 Å². The number of halogens is 1. The number of primary amides is 1. The topological polar surface area (TPSA) is 72.2 Å². The summed E-state index contributed by atoms with van der Waals surface area (Å²) in [5, 5.41) is 5.24. The van der Waals surface area contributed by atoms with Gasteiger partial charge in [-0.3, -0.25) is 9.59 Å². The molecule has 25 heavy (non-hydrogen) atoms. The fourth-order valence-corrected chi connectivity index (χ4v) is 2.89. The molecule has 4 nitrogen and oxygen atoms in total.